The van der Waals surface area contributed by atoms with E-state index >= 15 is 0 Å². The Hall–Kier alpha value is -4.63. The summed E-state index contributed by atoms with van der Waals surface area (Å²) in [5.41, 5.74) is 0.938. The van der Waals surface area contributed by atoms with E-state index in [0.717, 1.165) is 26.8 Å². The molecule has 0 bridgehead atoms. The SMILES string of the molecule is C#Cc1ccccc1.O=C1OC(=O)C(P(c2ccccc2)c2ccccc2)=C1P(c1ccccc1)c1ccccc1.[C-]#[O+].[C-]#[O+].[C-]#[O+].[C-]#[O+].[Co].[Co]. The van der Waals surface area contributed by atoms with Gasteiger partial charge >= 0.3 is 57.1 Å². The molecule has 0 aromatic heterocycles. The van der Waals surface area contributed by atoms with Crippen molar-refractivity contribution in [1.29, 1.82) is 0 Å². The number of carbonyl (C=O) groups excluding carboxylic acids is 2. The first-order chi connectivity index (χ1) is 24.2. The average molecular weight is 798 g/mol. The quantitative estimate of drug-likeness (QED) is 0.0519. The maximum atomic E-state index is 13.3. The Bertz CT molecular complexity index is 1690. The van der Waals surface area contributed by atoms with Crippen LogP contribution >= 0.6 is 15.8 Å². The van der Waals surface area contributed by atoms with Gasteiger partial charge in [0.25, 0.3) is 0 Å². The second-order valence-corrected chi connectivity index (χ2v) is 13.2. The summed E-state index contributed by atoms with van der Waals surface area (Å²) in [6, 6.07) is 49.3. The number of ether oxygens (including phenoxy) is 1. The van der Waals surface area contributed by atoms with E-state index in [1.54, 1.807) is 0 Å². The number of cyclic esters (lactones) is 2. The Kier molecular flexibility index (Phi) is 27.7. The largest absolute Gasteiger partial charge is 0 e. The van der Waals surface area contributed by atoms with Gasteiger partial charge in [0.05, 0.1) is 10.6 Å². The first-order valence-electron chi connectivity index (χ1n) is 13.8. The van der Waals surface area contributed by atoms with Gasteiger partial charge in [-0.2, -0.15) is 0 Å². The summed E-state index contributed by atoms with van der Waals surface area (Å²) >= 11 is 0. The van der Waals surface area contributed by atoms with Crippen molar-refractivity contribution in [3.05, 3.63) is 194 Å². The van der Waals surface area contributed by atoms with Gasteiger partial charge in [-0.1, -0.05) is 145 Å². The summed E-state index contributed by atoms with van der Waals surface area (Å²) in [7, 11) is -2.54. The van der Waals surface area contributed by atoms with Crippen LogP contribution in [0.2, 0.25) is 0 Å². The summed E-state index contributed by atoms with van der Waals surface area (Å²) in [5, 5.41) is 5.02. The third kappa shape index (κ3) is 14.3. The van der Waals surface area contributed by atoms with E-state index in [-0.39, 0.29) is 33.6 Å². The Morgan fingerprint density at radius 3 is 0.843 bits per heavy atom. The second-order valence-electron chi connectivity index (χ2n) is 8.90. The van der Waals surface area contributed by atoms with Crippen LogP contribution in [-0.2, 0) is 66.5 Å². The van der Waals surface area contributed by atoms with Crippen molar-refractivity contribution in [2.75, 3.05) is 0 Å². The molecule has 6 rings (SSSR count). The molecule has 0 N–H and O–H groups in total. The zero-order valence-electron chi connectivity index (χ0n) is 26.4. The Labute approximate surface area is 320 Å². The Balaban J connectivity index is 0. The summed E-state index contributed by atoms with van der Waals surface area (Å²) in [4.78, 5) is 26.6. The second kappa shape index (κ2) is 29.1. The molecule has 1 aliphatic rings. The molecule has 5 aromatic rings. The molecule has 1 aliphatic heterocycles. The standard InChI is InChI=1S/C28H20O3P2.C8H6.4CO.2Co/c29-27-25(32(21-13-5-1-6-14-21)22-15-7-2-8-16-22)26(28(30)31-27)33(23-17-9-3-10-18-23)24-19-11-4-12-20-24;1-2-8-6-4-3-5-7-8;4*1-2;;/h1-20H;1,3-7H;;;;;;. The van der Waals surface area contributed by atoms with E-state index in [2.05, 4.69) is 32.5 Å². The maximum Gasteiger partial charge on any atom is 0 e. The fourth-order valence-electron chi connectivity index (χ4n) is 4.43. The van der Waals surface area contributed by atoms with Crippen LogP contribution in [0.1, 0.15) is 5.56 Å². The normalized spacial score (nSPS) is 10.2. The van der Waals surface area contributed by atoms with E-state index < -0.39 is 27.8 Å². The van der Waals surface area contributed by atoms with Gasteiger partial charge in [0.1, 0.15) is 0 Å². The van der Waals surface area contributed by atoms with Crippen molar-refractivity contribution < 1.29 is 66.5 Å². The minimum absolute atomic E-state index is 0. The fraction of sp³-hybridized carbons (Fsp3) is 0. The van der Waals surface area contributed by atoms with Crippen molar-refractivity contribution in [2.45, 2.75) is 0 Å². The molecule has 0 fully saturated rings. The molecule has 0 aliphatic carbocycles. The van der Waals surface area contributed by atoms with Crippen molar-refractivity contribution in [3.63, 3.8) is 0 Å². The maximum absolute atomic E-state index is 13.3. The zero-order valence-corrected chi connectivity index (χ0v) is 30.3. The van der Waals surface area contributed by atoms with Crippen LogP contribution in [0, 0.1) is 38.9 Å². The molecule has 0 saturated carbocycles. The molecule has 51 heavy (non-hydrogen) atoms. The van der Waals surface area contributed by atoms with E-state index in [1.807, 2.05) is 152 Å². The molecule has 5 aromatic carbocycles. The monoisotopic (exact) mass is 798 g/mol. The van der Waals surface area contributed by atoms with Crippen LogP contribution in [-0.4, -0.2) is 11.9 Å². The van der Waals surface area contributed by atoms with Crippen molar-refractivity contribution >= 4 is 49.0 Å². The van der Waals surface area contributed by atoms with Gasteiger partial charge in [-0.15, -0.1) is 6.42 Å². The van der Waals surface area contributed by atoms with Crippen molar-refractivity contribution in [2.24, 2.45) is 0 Å². The van der Waals surface area contributed by atoms with E-state index in [4.69, 9.17) is 29.8 Å². The van der Waals surface area contributed by atoms with Crippen molar-refractivity contribution in [1.82, 2.24) is 0 Å². The summed E-state index contributed by atoms with van der Waals surface area (Å²) in [6.45, 7) is 18.0. The molecule has 0 saturated heterocycles. The van der Waals surface area contributed by atoms with Gasteiger partial charge in [0, 0.05) is 39.1 Å². The van der Waals surface area contributed by atoms with Crippen LogP contribution in [0.5, 0.6) is 0 Å². The number of esters is 2. The predicted octanol–water partition coefficient (Wildman–Crippen LogP) is 6.06. The van der Waals surface area contributed by atoms with Gasteiger partial charge in [-0.3, -0.25) is 0 Å². The number of benzene rings is 5. The number of hydrogen-bond donors (Lipinski definition) is 0. The van der Waals surface area contributed by atoms with E-state index in [1.165, 1.54) is 0 Å². The smallest absolute Gasteiger partial charge is 0 e. The first-order valence-corrected chi connectivity index (χ1v) is 16.5. The average Bonchev–Trinajstić information content (AvgIpc) is 3.49. The molecule has 0 spiro atoms. The fourth-order valence-corrected chi connectivity index (χ4v) is 9.60. The molecule has 11 heteroatoms. The molecular weight excluding hydrogens is 772 g/mol. The van der Waals surface area contributed by atoms with Crippen LogP contribution in [0.3, 0.4) is 0 Å². The van der Waals surface area contributed by atoms with Gasteiger partial charge in [-0.05, 0) is 49.2 Å². The van der Waals surface area contributed by atoms with E-state index in [0.29, 0.717) is 10.6 Å². The minimum atomic E-state index is -1.27. The number of rotatable bonds is 6. The molecule has 2 radical (unpaired) electrons. The molecule has 0 unspecified atom stereocenters. The van der Waals surface area contributed by atoms with Crippen molar-refractivity contribution in [3.8, 4) is 12.3 Å². The molecular formula is C40H26Co2O7P2. The van der Waals surface area contributed by atoms with Crippen LogP contribution in [0.15, 0.2) is 162 Å². The molecule has 1 heterocycles. The Morgan fingerprint density at radius 2 is 0.647 bits per heavy atom. The summed E-state index contributed by atoms with van der Waals surface area (Å²) < 4.78 is 35.3. The first kappa shape index (κ1) is 48.5. The van der Waals surface area contributed by atoms with Crippen LogP contribution in [0.25, 0.3) is 0 Å². The van der Waals surface area contributed by atoms with Gasteiger partial charge < -0.3 is 4.74 Å². The van der Waals surface area contributed by atoms with Gasteiger partial charge in [0.2, 0.25) is 0 Å². The Morgan fingerprint density at radius 1 is 0.431 bits per heavy atom. The summed E-state index contributed by atoms with van der Waals surface area (Å²) in [6.07, 6.45) is 5.10. The van der Waals surface area contributed by atoms with Gasteiger partial charge in [-0.25, -0.2) is 9.59 Å². The molecule has 0 amide bonds. The predicted molar refractivity (Wildman–Crippen MR) is 186 cm³/mol. The van der Waals surface area contributed by atoms with Crippen LogP contribution in [0.4, 0.5) is 0 Å². The van der Waals surface area contributed by atoms with Crippen LogP contribution < -0.4 is 21.2 Å². The number of hydrogen-bond acceptors (Lipinski definition) is 3. The molecule has 7 nitrogen and oxygen atoms in total. The third-order valence-electron chi connectivity index (χ3n) is 6.24. The zero-order chi connectivity index (χ0) is 36.4. The van der Waals surface area contributed by atoms with E-state index in [9.17, 15) is 9.59 Å². The minimum Gasteiger partial charge on any atom is 0 e. The molecule has 0 atom stereocenters. The number of terminal acetylenes is 1. The topological polar surface area (TPSA) is 123 Å². The summed E-state index contributed by atoms with van der Waals surface area (Å²) in [5.74, 6) is 1.46. The van der Waals surface area contributed by atoms with Gasteiger partial charge in [0.15, 0.2) is 0 Å². The number of carbonyl (C=O) groups is 2. The third-order valence-corrected chi connectivity index (χ3v) is 11.4. The molecule has 256 valence electrons.